The Kier molecular flexibility index (Phi) is 3.24. The third-order valence-electron chi connectivity index (χ3n) is 3.69. The molecule has 0 bridgehead atoms. The fraction of sp³-hybridized carbons (Fsp3) is 0.250. The summed E-state index contributed by atoms with van der Waals surface area (Å²) in [6.07, 6.45) is 1.58. The summed E-state index contributed by atoms with van der Waals surface area (Å²) < 4.78 is 0. The van der Waals surface area contributed by atoms with Gasteiger partial charge >= 0.3 is 0 Å². The molecule has 0 saturated heterocycles. The van der Waals surface area contributed by atoms with Gasteiger partial charge in [-0.15, -0.1) is 0 Å². The van der Waals surface area contributed by atoms with Gasteiger partial charge in [0, 0.05) is 18.3 Å². The van der Waals surface area contributed by atoms with Gasteiger partial charge in [0.25, 0.3) is 0 Å². The molecule has 2 aromatic heterocycles. The van der Waals surface area contributed by atoms with E-state index in [0.717, 1.165) is 22.3 Å². The molecule has 3 rings (SSSR count). The first-order valence-corrected chi connectivity index (χ1v) is 6.69. The number of benzene rings is 1. The van der Waals surface area contributed by atoms with Crippen LogP contribution in [0.3, 0.4) is 0 Å². The van der Waals surface area contributed by atoms with Gasteiger partial charge in [-0.2, -0.15) is 0 Å². The van der Waals surface area contributed by atoms with Crippen LogP contribution in [0.25, 0.3) is 11.0 Å². The van der Waals surface area contributed by atoms with E-state index >= 15 is 0 Å². The van der Waals surface area contributed by atoms with Gasteiger partial charge in [0.2, 0.25) is 0 Å². The average Bonchev–Trinajstić information content (AvgIpc) is 2.88. The first kappa shape index (κ1) is 12.8. The van der Waals surface area contributed by atoms with Gasteiger partial charge in [-0.3, -0.25) is 4.98 Å². The van der Waals surface area contributed by atoms with Gasteiger partial charge < -0.3 is 10.1 Å². The molecule has 4 nitrogen and oxygen atoms in total. The first-order valence-electron chi connectivity index (χ1n) is 6.69. The number of aryl methyl sites for hydroxylation is 1. The van der Waals surface area contributed by atoms with Crippen LogP contribution in [0.15, 0.2) is 36.5 Å². The molecule has 1 unspecified atom stereocenters. The van der Waals surface area contributed by atoms with E-state index in [1.54, 1.807) is 6.20 Å². The number of rotatable bonds is 3. The van der Waals surface area contributed by atoms with Crippen LogP contribution in [-0.2, 0) is 6.42 Å². The normalized spacial score (nSPS) is 12.8. The molecule has 1 aromatic carbocycles. The minimum Gasteiger partial charge on any atom is -0.385 e. The summed E-state index contributed by atoms with van der Waals surface area (Å²) in [7, 11) is 0. The highest BCUT2D eigenvalue weighted by atomic mass is 16.3. The Hall–Kier alpha value is -2.20. The fourth-order valence-electron chi connectivity index (χ4n) is 2.30. The van der Waals surface area contributed by atoms with Gasteiger partial charge in [-0.05, 0) is 43.2 Å². The number of hydrogen-bond donors (Lipinski definition) is 2. The number of nitrogens with zero attached hydrogens (tertiary/aromatic N) is 2. The lowest BCUT2D eigenvalue weighted by molar-refractivity contribution is 0.168. The molecule has 2 N–H and O–H groups in total. The highest BCUT2D eigenvalue weighted by Gasteiger charge is 2.15. The average molecular weight is 267 g/mol. The molecule has 0 aliphatic carbocycles. The second kappa shape index (κ2) is 5.06. The van der Waals surface area contributed by atoms with Crippen LogP contribution in [0.5, 0.6) is 0 Å². The van der Waals surface area contributed by atoms with Crippen molar-refractivity contribution >= 4 is 11.0 Å². The summed E-state index contributed by atoms with van der Waals surface area (Å²) in [5.41, 5.74) is 5.04. The number of aliphatic hydroxyl groups is 1. The van der Waals surface area contributed by atoms with E-state index in [1.165, 1.54) is 5.56 Å². The van der Waals surface area contributed by atoms with Crippen molar-refractivity contribution < 1.29 is 5.11 Å². The number of aromatic nitrogens is 3. The Morgan fingerprint density at radius 3 is 2.80 bits per heavy atom. The number of pyridine rings is 1. The van der Waals surface area contributed by atoms with E-state index in [1.807, 2.05) is 44.2 Å². The van der Waals surface area contributed by atoms with Crippen LogP contribution in [0.4, 0.5) is 0 Å². The van der Waals surface area contributed by atoms with Crippen molar-refractivity contribution in [1.82, 2.24) is 15.0 Å². The quantitative estimate of drug-likeness (QED) is 0.767. The van der Waals surface area contributed by atoms with E-state index in [9.17, 15) is 5.11 Å². The van der Waals surface area contributed by atoms with Gasteiger partial charge in [0.1, 0.15) is 11.9 Å². The molecule has 20 heavy (non-hydrogen) atoms. The SMILES string of the molecule is Cc1ccnc(CC(O)c2nc3ccccc3[nH]2)c1C. The van der Waals surface area contributed by atoms with Crippen molar-refractivity contribution in [2.24, 2.45) is 0 Å². The summed E-state index contributed by atoms with van der Waals surface area (Å²) >= 11 is 0. The van der Waals surface area contributed by atoms with Gasteiger partial charge in [0.05, 0.1) is 11.0 Å². The predicted molar refractivity (Wildman–Crippen MR) is 78.5 cm³/mol. The van der Waals surface area contributed by atoms with Gasteiger partial charge in [-0.1, -0.05) is 12.1 Å². The van der Waals surface area contributed by atoms with Crippen LogP contribution < -0.4 is 0 Å². The third-order valence-corrected chi connectivity index (χ3v) is 3.69. The Balaban J connectivity index is 1.89. The lowest BCUT2D eigenvalue weighted by atomic mass is 10.0. The van der Waals surface area contributed by atoms with E-state index < -0.39 is 6.10 Å². The highest BCUT2D eigenvalue weighted by molar-refractivity contribution is 5.74. The fourth-order valence-corrected chi connectivity index (χ4v) is 2.30. The summed E-state index contributed by atoms with van der Waals surface area (Å²) in [4.78, 5) is 11.9. The molecular formula is C16H17N3O. The summed E-state index contributed by atoms with van der Waals surface area (Å²) in [6, 6.07) is 9.74. The first-order chi connectivity index (χ1) is 9.65. The Morgan fingerprint density at radius 1 is 1.20 bits per heavy atom. The zero-order chi connectivity index (χ0) is 14.1. The number of H-pyrrole nitrogens is 1. The van der Waals surface area contributed by atoms with Crippen molar-refractivity contribution in [3.8, 4) is 0 Å². The predicted octanol–water partition coefficient (Wildman–Crippen LogP) is 2.85. The smallest absolute Gasteiger partial charge is 0.136 e. The molecule has 0 spiro atoms. The molecule has 0 fully saturated rings. The molecule has 1 atom stereocenters. The standard InChI is InChI=1S/C16H17N3O/c1-10-7-8-17-14(11(10)2)9-15(20)16-18-12-5-3-4-6-13(12)19-16/h3-8,15,20H,9H2,1-2H3,(H,18,19). The number of aromatic amines is 1. The molecule has 0 amide bonds. The number of para-hydroxylation sites is 2. The minimum atomic E-state index is -0.671. The van der Waals surface area contributed by atoms with Crippen molar-refractivity contribution in [3.63, 3.8) is 0 Å². The molecule has 0 aliphatic heterocycles. The second-order valence-corrected chi connectivity index (χ2v) is 5.06. The lowest BCUT2D eigenvalue weighted by Gasteiger charge is -2.10. The number of imidazole rings is 1. The number of aliphatic hydroxyl groups excluding tert-OH is 1. The van der Waals surface area contributed by atoms with Crippen molar-refractivity contribution in [3.05, 3.63) is 59.2 Å². The summed E-state index contributed by atoms with van der Waals surface area (Å²) in [5.74, 6) is 0.592. The maximum Gasteiger partial charge on any atom is 0.136 e. The monoisotopic (exact) mass is 267 g/mol. The molecule has 0 radical (unpaired) electrons. The highest BCUT2D eigenvalue weighted by Crippen LogP contribution is 2.21. The molecule has 102 valence electrons. The Labute approximate surface area is 117 Å². The number of fused-ring (bicyclic) bond motifs is 1. The Bertz CT molecular complexity index is 715. The van der Waals surface area contributed by atoms with E-state index in [-0.39, 0.29) is 0 Å². The van der Waals surface area contributed by atoms with E-state index in [4.69, 9.17) is 0 Å². The maximum absolute atomic E-state index is 10.4. The topological polar surface area (TPSA) is 61.8 Å². The van der Waals surface area contributed by atoms with Crippen molar-refractivity contribution in [2.75, 3.05) is 0 Å². The second-order valence-electron chi connectivity index (χ2n) is 5.06. The van der Waals surface area contributed by atoms with Crippen molar-refractivity contribution in [2.45, 2.75) is 26.4 Å². The number of nitrogens with one attached hydrogen (secondary N) is 1. The van der Waals surface area contributed by atoms with E-state index in [2.05, 4.69) is 15.0 Å². The Morgan fingerprint density at radius 2 is 2.00 bits per heavy atom. The molecule has 2 heterocycles. The van der Waals surface area contributed by atoms with Crippen LogP contribution >= 0.6 is 0 Å². The summed E-state index contributed by atoms with van der Waals surface area (Å²) in [5, 5.41) is 10.4. The van der Waals surface area contributed by atoms with Crippen molar-refractivity contribution in [1.29, 1.82) is 0 Å². The zero-order valence-electron chi connectivity index (χ0n) is 11.6. The van der Waals surface area contributed by atoms with E-state index in [0.29, 0.717) is 12.2 Å². The lowest BCUT2D eigenvalue weighted by Crippen LogP contribution is -2.07. The molecule has 0 saturated carbocycles. The molecular weight excluding hydrogens is 250 g/mol. The van der Waals surface area contributed by atoms with Gasteiger partial charge in [0.15, 0.2) is 0 Å². The van der Waals surface area contributed by atoms with Crippen LogP contribution in [-0.4, -0.2) is 20.1 Å². The molecule has 0 aliphatic rings. The minimum absolute atomic E-state index is 0.466. The summed E-state index contributed by atoms with van der Waals surface area (Å²) in [6.45, 7) is 4.08. The zero-order valence-corrected chi connectivity index (χ0v) is 11.6. The molecule has 4 heteroatoms. The van der Waals surface area contributed by atoms with Crippen LogP contribution in [0, 0.1) is 13.8 Å². The van der Waals surface area contributed by atoms with Crippen LogP contribution in [0.1, 0.15) is 28.7 Å². The molecule has 3 aromatic rings. The maximum atomic E-state index is 10.4. The third kappa shape index (κ3) is 2.30. The number of hydrogen-bond acceptors (Lipinski definition) is 3. The van der Waals surface area contributed by atoms with Gasteiger partial charge in [-0.25, -0.2) is 4.98 Å². The van der Waals surface area contributed by atoms with Crippen LogP contribution in [0.2, 0.25) is 0 Å². The largest absolute Gasteiger partial charge is 0.385 e.